The zero-order valence-corrected chi connectivity index (χ0v) is 10.8. The summed E-state index contributed by atoms with van der Waals surface area (Å²) in [6.07, 6.45) is 4.36. The molecular weight excluding hydrogens is 248 g/mol. The van der Waals surface area contributed by atoms with Crippen LogP contribution in [0.15, 0.2) is 11.1 Å². The molecule has 1 aromatic rings. The lowest BCUT2D eigenvalue weighted by Gasteiger charge is -2.16. The highest BCUT2D eigenvalue weighted by Gasteiger charge is 2.15. The van der Waals surface area contributed by atoms with Gasteiger partial charge in [0.2, 0.25) is 0 Å². The third kappa shape index (κ3) is 3.02. The number of nitrogens with zero attached hydrogens (tertiary/aromatic N) is 2. The van der Waals surface area contributed by atoms with Crippen molar-refractivity contribution in [3.63, 3.8) is 0 Å². The summed E-state index contributed by atoms with van der Waals surface area (Å²) in [5.41, 5.74) is 2.84. The maximum Gasteiger partial charge on any atom is 0.304 e. The number of nitriles is 1. The summed E-state index contributed by atoms with van der Waals surface area (Å²) < 4.78 is 0. The molecule has 0 spiro atoms. The fourth-order valence-electron chi connectivity index (χ4n) is 2.04. The molecule has 5 heteroatoms. The Morgan fingerprint density at radius 2 is 2.28 bits per heavy atom. The standard InChI is InChI=1S/C13H14N2O2S/c14-8-10-7-9-3-1-2-4-11(9)15-13(10)18-6-5-12(16)17/h7H,1-6H2,(H,16,17). The Hall–Kier alpha value is -1.54. The number of pyridine rings is 1. The molecule has 0 aliphatic heterocycles. The highest BCUT2D eigenvalue weighted by Crippen LogP contribution is 2.27. The van der Waals surface area contributed by atoms with Gasteiger partial charge in [0.25, 0.3) is 0 Å². The number of fused-ring (bicyclic) bond motifs is 1. The van der Waals surface area contributed by atoms with Crippen LogP contribution in [0, 0.1) is 11.3 Å². The Morgan fingerprint density at radius 1 is 1.50 bits per heavy atom. The molecule has 0 atom stereocenters. The molecule has 0 bridgehead atoms. The van der Waals surface area contributed by atoms with Crippen LogP contribution in [0.5, 0.6) is 0 Å². The second-order valence-electron chi connectivity index (χ2n) is 4.26. The molecule has 1 heterocycles. The van der Waals surface area contributed by atoms with E-state index in [4.69, 9.17) is 10.4 Å². The van der Waals surface area contributed by atoms with Crippen LogP contribution >= 0.6 is 11.8 Å². The largest absolute Gasteiger partial charge is 0.481 e. The molecule has 94 valence electrons. The number of carboxylic acid groups (broad SMARTS) is 1. The van der Waals surface area contributed by atoms with Crippen molar-refractivity contribution >= 4 is 17.7 Å². The van der Waals surface area contributed by atoms with Crippen LogP contribution in [0.1, 0.15) is 36.1 Å². The molecule has 0 aromatic carbocycles. The van der Waals surface area contributed by atoms with E-state index < -0.39 is 5.97 Å². The van der Waals surface area contributed by atoms with E-state index in [1.54, 1.807) is 0 Å². The van der Waals surface area contributed by atoms with E-state index in [2.05, 4.69) is 11.1 Å². The second kappa shape index (κ2) is 5.87. The van der Waals surface area contributed by atoms with Gasteiger partial charge in [-0.15, -0.1) is 11.8 Å². The minimum atomic E-state index is -0.820. The summed E-state index contributed by atoms with van der Waals surface area (Å²) in [4.78, 5) is 15.0. The molecule has 0 saturated heterocycles. The molecule has 4 nitrogen and oxygen atoms in total. The first-order valence-corrected chi connectivity index (χ1v) is 6.96. The molecule has 1 aliphatic rings. The molecule has 1 aromatic heterocycles. The number of thioether (sulfide) groups is 1. The summed E-state index contributed by atoms with van der Waals surface area (Å²) in [6, 6.07) is 4.07. The topological polar surface area (TPSA) is 74.0 Å². The first kappa shape index (κ1) is 12.9. The number of rotatable bonds is 4. The maximum atomic E-state index is 10.5. The van der Waals surface area contributed by atoms with Crippen molar-refractivity contribution in [1.82, 2.24) is 4.98 Å². The zero-order chi connectivity index (χ0) is 13.0. The average molecular weight is 262 g/mol. The van der Waals surface area contributed by atoms with Crippen LogP contribution in [0.3, 0.4) is 0 Å². The lowest BCUT2D eigenvalue weighted by atomic mass is 9.95. The summed E-state index contributed by atoms with van der Waals surface area (Å²) >= 11 is 1.36. The van der Waals surface area contributed by atoms with E-state index in [9.17, 15) is 4.79 Å². The van der Waals surface area contributed by atoms with Crippen LogP contribution < -0.4 is 0 Å². The van der Waals surface area contributed by atoms with Gasteiger partial charge in [-0.25, -0.2) is 4.98 Å². The predicted octanol–water partition coefficient (Wildman–Crippen LogP) is 2.40. The van der Waals surface area contributed by atoms with Crippen LogP contribution in [-0.2, 0) is 17.6 Å². The number of aromatic nitrogens is 1. The molecule has 0 fully saturated rings. The van der Waals surface area contributed by atoms with Gasteiger partial charge >= 0.3 is 5.97 Å². The van der Waals surface area contributed by atoms with Crippen molar-refractivity contribution in [3.05, 3.63) is 22.9 Å². The lowest BCUT2D eigenvalue weighted by molar-refractivity contribution is -0.136. The van der Waals surface area contributed by atoms with Crippen molar-refractivity contribution < 1.29 is 9.90 Å². The number of hydrogen-bond donors (Lipinski definition) is 1. The van der Waals surface area contributed by atoms with Gasteiger partial charge in [-0.1, -0.05) is 0 Å². The third-order valence-electron chi connectivity index (χ3n) is 2.94. The van der Waals surface area contributed by atoms with Crippen molar-refractivity contribution in [2.45, 2.75) is 37.1 Å². The Morgan fingerprint density at radius 3 is 3.00 bits per heavy atom. The highest BCUT2D eigenvalue weighted by molar-refractivity contribution is 7.99. The van der Waals surface area contributed by atoms with Gasteiger partial charge in [0.1, 0.15) is 11.1 Å². The zero-order valence-electron chi connectivity index (χ0n) is 9.98. The smallest absolute Gasteiger partial charge is 0.304 e. The predicted molar refractivity (Wildman–Crippen MR) is 68.6 cm³/mol. The Balaban J connectivity index is 2.18. The van der Waals surface area contributed by atoms with Gasteiger partial charge in [-0.2, -0.15) is 5.26 Å². The van der Waals surface area contributed by atoms with E-state index >= 15 is 0 Å². The fourth-order valence-corrected chi connectivity index (χ4v) is 2.94. The van der Waals surface area contributed by atoms with Crippen LogP contribution in [0.2, 0.25) is 0 Å². The minimum absolute atomic E-state index is 0.0916. The van der Waals surface area contributed by atoms with Crippen molar-refractivity contribution in [3.8, 4) is 6.07 Å². The summed E-state index contributed by atoms with van der Waals surface area (Å²) in [5, 5.41) is 18.4. The van der Waals surface area contributed by atoms with E-state index in [1.165, 1.54) is 17.3 Å². The first-order chi connectivity index (χ1) is 8.70. The lowest BCUT2D eigenvalue weighted by Crippen LogP contribution is -2.07. The van der Waals surface area contributed by atoms with Gasteiger partial charge in [0.15, 0.2) is 0 Å². The molecule has 1 aliphatic carbocycles. The Labute approximate surface area is 110 Å². The van der Waals surface area contributed by atoms with Gasteiger partial charge in [0, 0.05) is 11.4 Å². The number of hydrogen-bond acceptors (Lipinski definition) is 4. The van der Waals surface area contributed by atoms with Gasteiger partial charge < -0.3 is 5.11 Å². The molecule has 0 saturated carbocycles. The summed E-state index contributed by atoms with van der Waals surface area (Å²) in [5.74, 6) is -0.366. The monoisotopic (exact) mass is 262 g/mol. The molecule has 0 radical (unpaired) electrons. The van der Waals surface area contributed by atoms with Gasteiger partial charge in [-0.05, 0) is 37.3 Å². The second-order valence-corrected chi connectivity index (χ2v) is 5.34. The summed E-state index contributed by atoms with van der Waals surface area (Å²) in [6.45, 7) is 0. The van der Waals surface area contributed by atoms with Gasteiger partial charge in [-0.3, -0.25) is 4.79 Å². The molecule has 1 N–H and O–H groups in total. The van der Waals surface area contributed by atoms with Crippen molar-refractivity contribution in [2.24, 2.45) is 0 Å². The molecule has 2 rings (SSSR count). The Kier molecular flexibility index (Phi) is 4.21. The number of carbonyl (C=O) groups is 1. The highest BCUT2D eigenvalue weighted by atomic mass is 32.2. The van der Waals surface area contributed by atoms with Crippen molar-refractivity contribution in [2.75, 3.05) is 5.75 Å². The SMILES string of the molecule is N#Cc1cc2c(nc1SCCC(=O)O)CCCC2. The summed E-state index contributed by atoms with van der Waals surface area (Å²) in [7, 11) is 0. The average Bonchev–Trinajstić information content (AvgIpc) is 2.37. The van der Waals surface area contributed by atoms with Gasteiger partial charge in [0.05, 0.1) is 12.0 Å². The van der Waals surface area contributed by atoms with E-state index in [-0.39, 0.29) is 6.42 Å². The third-order valence-corrected chi connectivity index (χ3v) is 3.93. The normalized spacial score (nSPS) is 13.7. The quantitative estimate of drug-likeness (QED) is 0.843. The van der Waals surface area contributed by atoms with Crippen LogP contribution in [0.4, 0.5) is 0 Å². The number of aryl methyl sites for hydroxylation is 2. The van der Waals surface area contributed by atoms with E-state index in [0.717, 1.165) is 31.4 Å². The molecule has 0 amide bonds. The molecular formula is C13H14N2O2S. The number of aliphatic carboxylic acids is 1. The molecule has 0 unspecified atom stereocenters. The maximum absolute atomic E-state index is 10.5. The van der Waals surface area contributed by atoms with Crippen LogP contribution in [0.25, 0.3) is 0 Å². The van der Waals surface area contributed by atoms with Crippen LogP contribution in [-0.4, -0.2) is 21.8 Å². The Bertz CT molecular complexity index is 508. The van der Waals surface area contributed by atoms with E-state index in [1.807, 2.05) is 6.07 Å². The van der Waals surface area contributed by atoms with E-state index in [0.29, 0.717) is 16.3 Å². The first-order valence-electron chi connectivity index (χ1n) is 5.98. The van der Waals surface area contributed by atoms with Crippen molar-refractivity contribution in [1.29, 1.82) is 5.26 Å². The number of carboxylic acids is 1. The minimum Gasteiger partial charge on any atom is -0.481 e. The fraction of sp³-hybridized carbons (Fsp3) is 0.462. The molecule has 18 heavy (non-hydrogen) atoms.